The minimum absolute atomic E-state index is 0.00870. The number of carbonyl (C=O) groups is 2. The van der Waals surface area contributed by atoms with Crippen molar-refractivity contribution in [3.8, 4) is 0 Å². The van der Waals surface area contributed by atoms with Crippen LogP contribution in [0.3, 0.4) is 0 Å². The Morgan fingerprint density at radius 1 is 1.16 bits per heavy atom. The van der Waals surface area contributed by atoms with Gasteiger partial charge < -0.3 is 5.32 Å². The van der Waals surface area contributed by atoms with Crippen LogP contribution in [-0.4, -0.2) is 23.1 Å². The lowest BCUT2D eigenvalue weighted by molar-refractivity contribution is -0.130. The summed E-state index contributed by atoms with van der Waals surface area (Å²) >= 11 is 5.12. The number of hydrogen-bond donors (Lipinski definition) is 1. The van der Waals surface area contributed by atoms with Crippen molar-refractivity contribution in [2.75, 3.05) is 4.90 Å². The molecule has 2 amide bonds. The highest BCUT2D eigenvalue weighted by Crippen LogP contribution is 2.22. The fourth-order valence-corrected chi connectivity index (χ4v) is 2.67. The molecule has 7 heteroatoms. The molecule has 5 nitrogen and oxygen atoms in total. The molecule has 1 aliphatic rings. The molecule has 0 radical (unpaired) electrons. The maximum absolute atomic E-state index is 13.6. The van der Waals surface area contributed by atoms with Crippen LogP contribution < -0.4 is 10.2 Å². The molecule has 1 atom stereocenters. The number of hydrogen-bond acceptors (Lipinski definition) is 4. The van der Waals surface area contributed by atoms with Gasteiger partial charge in [-0.1, -0.05) is 29.8 Å². The number of carbonyl (C=O) groups excluding carboxylic acids is 2. The molecule has 126 valence electrons. The highest BCUT2D eigenvalue weighted by atomic mass is 32.1. The zero-order valence-electron chi connectivity index (χ0n) is 13.3. The second kappa shape index (κ2) is 6.90. The highest BCUT2D eigenvalue weighted by Gasteiger charge is 2.38. The summed E-state index contributed by atoms with van der Waals surface area (Å²) in [6.07, 6.45) is 1.14. The number of halogens is 1. The number of para-hydroxylation sites is 1. The fourth-order valence-electron chi connectivity index (χ4n) is 2.37. The smallest absolute Gasteiger partial charge is 0.251 e. The first kappa shape index (κ1) is 16.9. The second-order valence-corrected chi connectivity index (χ2v) is 5.90. The number of nitrogens with one attached hydrogen (secondary N) is 1. The van der Waals surface area contributed by atoms with Gasteiger partial charge in [-0.25, -0.2) is 4.39 Å². The molecule has 0 unspecified atom stereocenters. The van der Waals surface area contributed by atoms with Gasteiger partial charge in [0.2, 0.25) is 5.91 Å². The lowest BCUT2D eigenvalue weighted by Gasteiger charge is -2.30. The molecule has 3 rings (SSSR count). The predicted octanol–water partition coefficient (Wildman–Crippen LogP) is 2.90. The van der Waals surface area contributed by atoms with Gasteiger partial charge in [-0.05, 0) is 43.4 Å². The number of aryl methyl sites for hydroxylation is 1. The van der Waals surface area contributed by atoms with E-state index in [1.54, 1.807) is 18.2 Å². The molecule has 2 aromatic carbocycles. The Morgan fingerprint density at radius 3 is 2.52 bits per heavy atom. The Kier molecular flexibility index (Phi) is 4.67. The Morgan fingerprint density at radius 2 is 1.84 bits per heavy atom. The zero-order valence-corrected chi connectivity index (χ0v) is 14.1. The summed E-state index contributed by atoms with van der Waals surface area (Å²) in [6.45, 7) is 1.92. The molecule has 0 bridgehead atoms. The van der Waals surface area contributed by atoms with Gasteiger partial charge in [0.15, 0.2) is 11.0 Å². The summed E-state index contributed by atoms with van der Waals surface area (Å²) in [7, 11) is 0. The van der Waals surface area contributed by atoms with Crippen molar-refractivity contribution in [3.63, 3.8) is 0 Å². The van der Waals surface area contributed by atoms with Gasteiger partial charge in [0.05, 0.1) is 11.4 Å². The number of thiocarbonyl (C=S) groups is 1. The van der Waals surface area contributed by atoms with Crippen molar-refractivity contribution in [2.24, 2.45) is 10.9 Å². The Balaban J connectivity index is 1.90. The first-order valence-corrected chi connectivity index (χ1v) is 7.92. The monoisotopic (exact) mass is 355 g/mol. The zero-order chi connectivity index (χ0) is 18.0. The quantitative estimate of drug-likeness (QED) is 0.523. The van der Waals surface area contributed by atoms with E-state index in [2.05, 4.69) is 10.3 Å². The average Bonchev–Trinajstić information content (AvgIpc) is 2.57. The van der Waals surface area contributed by atoms with Crippen molar-refractivity contribution in [3.05, 3.63) is 59.9 Å². The van der Waals surface area contributed by atoms with E-state index in [1.165, 1.54) is 23.1 Å². The molecule has 0 aliphatic carbocycles. The minimum Gasteiger partial charge on any atom is -0.301 e. The van der Waals surface area contributed by atoms with E-state index in [9.17, 15) is 14.0 Å². The normalized spacial score (nSPS) is 17.9. The van der Waals surface area contributed by atoms with Gasteiger partial charge in [0, 0.05) is 6.21 Å². The van der Waals surface area contributed by atoms with Crippen LogP contribution in [0.25, 0.3) is 0 Å². The van der Waals surface area contributed by atoms with Crippen molar-refractivity contribution >= 4 is 46.7 Å². The molecule has 1 fully saturated rings. The van der Waals surface area contributed by atoms with Crippen LogP contribution >= 0.6 is 12.2 Å². The van der Waals surface area contributed by atoms with E-state index in [-0.39, 0.29) is 10.8 Å². The summed E-state index contributed by atoms with van der Waals surface area (Å²) in [5.41, 5.74) is 1.63. The molecule has 0 spiro atoms. The fraction of sp³-hybridized carbons (Fsp3) is 0.111. The number of rotatable bonds is 3. The van der Waals surface area contributed by atoms with Gasteiger partial charge in [0.25, 0.3) is 5.91 Å². The van der Waals surface area contributed by atoms with Crippen molar-refractivity contribution in [2.45, 2.75) is 6.92 Å². The van der Waals surface area contributed by atoms with E-state index in [0.29, 0.717) is 5.69 Å². The van der Waals surface area contributed by atoms with Crippen LogP contribution in [0.1, 0.15) is 5.56 Å². The van der Waals surface area contributed by atoms with Crippen LogP contribution in [0, 0.1) is 18.7 Å². The molecule has 1 saturated heterocycles. The predicted molar refractivity (Wildman–Crippen MR) is 97.4 cm³/mol. The van der Waals surface area contributed by atoms with Crippen LogP contribution in [0.4, 0.5) is 15.8 Å². The summed E-state index contributed by atoms with van der Waals surface area (Å²) in [5, 5.41) is 2.50. The van der Waals surface area contributed by atoms with E-state index in [0.717, 1.165) is 11.8 Å². The lowest BCUT2D eigenvalue weighted by Crippen LogP contribution is -2.58. The van der Waals surface area contributed by atoms with Gasteiger partial charge in [-0.15, -0.1) is 0 Å². The lowest BCUT2D eigenvalue weighted by atomic mass is 10.1. The number of amides is 2. The number of anilines is 1. The molecular formula is C18H14FN3O2S. The van der Waals surface area contributed by atoms with Crippen molar-refractivity contribution < 1.29 is 14.0 Å². The topological polar surface area (TPSA) is 61.8 Å². The number of benzene rings is 2. The minimum atomic E-state index is -1.19. The first-order chi connectivity index (χ1) is 12.0. The summed E-state index contributed by atoms with van der Waals surface area (Å²) in [5.74, 6) is -2.84. The maximum atomic E-state index is 13.6. The summed E-state index contributed by atoms with van der Waals surface area (Å²) in [6, 6.07) is 13.0. The number of aliphatic imine (C=N–C) groups is 1. The standard InChI is InChI=1S/C18H14FN3O2S/c1-11-6-8-12(9-7-11)22-17(24)13(16(23)21-18(22)25)10-20-15-5-3-2-4-14(15)19/h2-10,13H,1H3,(H,21,23,25)/t13-/m0/s1. The molecule has 0 saturated carbocycles. The van der Waals surface area contributed by atoms with Crippen LogP contribution in [0.2, 0.25) is 0 Å². The molecule has 0 aromatic heterocycles. The third-order valence-corrected chi connectivity index (χ3v) is 3.99. The van der Waals surface area contributed by atoms with Crippen LogP contribution in [0.15, 0.2) is 53.5 Å². The maximum Gasteiger partial charge on any atom is 0.251 e. The van der Waals surface area contributed by atoms with E-state index >= 15 is 0 Å². The van der Waals surface area contributed by atoms with Gasteiger partial charge in [0.1, 0.15) is 5.82 Å². The van der Waals surface area contributed by atoms with E-state index in [4.69, 9.17) is 12.2 Å². The molecule has 1 N–H and O–H groups in total. The average molecular weight is 355 g/mol. The molecule has 2 aromatic rings. The molecule has 1 heterocycles. The SMILES string of the molecule is Cc1ccc(N2C(=O)[C@@H](C=Nc3ccccc3F)C(=O)NC2=S)cc1. The van der Waals surface area contributed by atoms with Gasteiger partial charge in [-0.2, -0.15) is 0 Å². The Labute approximate surface area is 149 Å². The van der Waals surface area contributed by atoms with Crippen LogP contribution in [0.5, 0.6) is 0 Å². The summed E-state index contributed by atoms with van der Waals surface area (Å²) in [4.78, 5) is 30.0. The summed E-state index contributed by atoms with van der Waals surface area (Å²) < 4.78 is 13.6. The van der Waals surface area contributed by atoms with Gasteiger partial charge in [-0.3, -0.25) is 19.5 Å². The Bertz CT molecular complexity index is 880. The van der Waals surface area contributed by atoms with E-state index in [1.807, 2.05) is 19.1 Å². The first-order valence-electron chi connectivity index (χ1n) is 7.51. The molecule has 25 heavy (non-hydrogen) atoms. The third kappa shape index (κ3) is 3.46. The molecular weight excluding hydrogens is 341 g/mol. The second-order valence-electron chi connectivity index (χ2n) is 5.51. The Hall–Kier alpha value is -2.93. The third-order valence-electron chi connectivity index (χ3n) is 3.71. The molecule has 1 aliphatic heterocycles. The van der Waals surface area contributed by atoms with Crippen molar-refractivity contribution in [1.29, 1.82) is 0 Å². The largest absolute Gasteiger partial charge is 0.301 e. The highest BCUT2D eigenvalue weighted by molar-refractivity contribution is 7.80. The van der Waals surface area contributed by atoms with Gasteiger partial charge >= 0.3 is 0 Å². The van der Waals surface area contributed by atoms with Crippen molar-refractivity contribution in [1.82, 2.24) is 5.32 Å². The number of nitrogens with zero attached hydrogens (tertiary/aromatic N) is 2. The van der Waals surface area contributed by atoms with E-state index < -0.39 is 23.5 Å². The van der Waals surface area contributed by atoms with Crippen LogP contribution in [-0.2, 0) is 9.59 Å².